The number of nitrogens with one attached hydrogen (secondary N) is 1. The molecular weight excluding hydrogens is 231 g/mol. The number of aromatic nitrogens is 2. The normalized spacial score (nSPS) is 10.1. The first kappa shape index (κ1) is 10.6. The van der Waals surface area contributed by atoms with Crippen LogP contribution < -0.4 is 11.1 Å². The Morgan fingerprint density at radius 1 is 1.19 bits per heavy atom. The monoisotopic (exact) mass is 238 g/mol. The fourth-order valence-corrected chi connectivity index (χ4v) is 1.31. The summed E-state index contributed by atoms with van der Waals surface area (Å²) < 4.78 is 13.3. The minimum atomic E-state index is -0.414. The topological polar surface area (TPSA) is 63.8 Å². The highest BCUT2D eigenvalue weighted by Gasteiger charge is 2.04. The van der Waals surface area contributed by atoms with Crippen LogP contribution in [0.1, 0.15) is 0 Å². The highest BCUT2D eigenvalue weighted by Crippen LogP contribution is 2.22. The molecule has 0 atom stereocenters. The predicted octanol–water partition coefficient (Wildman–Crippen LogP) is 2.59. The second-order valence-electron chi connectivity index (χ2n) is 3.09. The summed E-state index contributed by atoms with van der Waals surface area (Å²) in [6.07, 6.45) is 0. The third-order valence-electron chi connectivity index (χ3n) is 1.88. The molecule has 6 heteroatoms. The summed E-state index contributed by atoms with van der Waals surface area (Å²) in [5, 5.41) is 10.6. The number of halogens is 2. The molecule has 0 aliphatic carbocycles. The fraction of sp³-hybridized carbons (Fsp3) is 0. The van der Waals surface area contributed by atoms with Gasteiger partial charge in [-0.05, 0) is 30.3 Å². The number of nitrogens with zero attached hydrogens (tertiary/aromatic N) is 2. The summed E-state index contributed by atoms with van der Waals surface area (Å²) in [4.78, 5) is 0. The SMILES string of the molecule is Nc1ccc(Nc2cc(Cl)ccc2F)nn1. The van der Waals surface area contributed by atoms with Gasteiger partial charge in [-0.3, -0.25) is 0 Å². The van der Waals surface area contributed by atoms with Crippen molar-refractivity contribution in [3.8, 4) is 0 Å². The zero-order valence-electron chi connectivity index (χ0n) is 8.11. The first-order valence-electron chi connectivity index (χ1n) is 4.46. The number of hydrogen-bond acceptors (Lipinski definition) is 4. The first-order valence-corrected chi connectivity index (χ1v) is 4.84. The Balaban J connectivity index is 2.26. The Morgan fingerprint density at radius 3 is 2.69 bits per heavy atom. The largest absolute Gasteiger partial charge is 0.382 e. The number of nitrogens with two attached hydrogens (primary N) is 1. The molecule has 0 bridgehead atoms. The molecule has 3 N–H and O–H groups in total. The third kappa shape index (κ3) is 2.38. The van der Waals surface area contributed by atoms with Crippen LogP contribution in [-0.2, 0) is 0 Å². The lowest BCUT2D eigenvalue weighted by atomic mass is 10.3. The highest BCUT2D eigenvalue weighted by atomic mass is 35.5. The van der Waals surface area contributed by atoms with E-state index in [-0.39, 0.29) is 5.69 Å². The van der Waals surface area contributed by atoms with E-state index in [1.54, 1.807) is 12.1 Å². The van der Waals surface area contributed by atoms with Gasteiger partial charge in [-0.2, -0.15) is 0 Å². The molecule has 82 valence electrons. The van der Waals surface area contributed by atoms with Gasteiger partial charge in [0.1, 0.15) is 11.6 Å². The van der Waals surface area contributed by atoms with E-state index in [1.165, 1.54) is 18.2 Å². The van der Waals surface area contributed by atoms with E-state index in [9.17, 15) is 4.39 Å². The number of benzene rings is 1. The lowest BCUT2D eigenvalue weighted by molar-refractivity contribution is 0.632. The summed E-state index contributed by atoms with van der Waals surface area (Å²) in [6.45, 7) is 0. The van der Waals surface area contributed by atoms with Gasteiger partial charge in [0.2, 0.25) is 0 Å². The standard InChI is InChI=1S/C10H8ClFN4/c11-6-1-2-7(12)8(5-6)14-10-4-3-9(13)15-16-10/h1-5H,(H2,13,15)(H,14,16). The van der Waals surface area contributed by atoms with E-state index < -0.39 is 5.82 Å². The van der Waals surface area contributed by atoms with Gasteiger partial charge in [-0.15, -0.1) is 10.2 Å². The molecule has 0 fully saturated rings. The maximum atomic E-state index is 13.3. The van der Waals surface area contributed by atoms with Crippen molar-refractivity contribution in [2.45, 2.75) is 0 Å². The molecule has 1 aromatic heterocycles. The second kappa shape index (κ2) is 4.32. The molecular formula is C10H8ClFN4. The summed E-state index contributed by atoms with van der Waals surface area (Å²) >= 11 is 5.75. The van der Waals surface area contributed by atoms with Crippen LogP contribution in [0.2, 0.25) is 5.02 Å². The molecule has 0 amide bonds. The van der Waals surface area contributed by atoms with E-state index in [1.807, 2.05) is 0 Å². The van der Waals surface area contributed by atoms with E-state index in [0.29, 0.717) is 16.7 Å². The van der Waals surface area contributed by atoms with Gasteiger partial charge in [0.05, 0.1) is 5.69 Å². The van der Waals surface area contributed by atoms with Gasteiger partial charge in [0, 0.05) is 5.02 Å². The Morgan fingerprint density at radius 2 is 2.00 bits per heavy atom. The van der Waals surface area contributed by atoms with Crippen LogP contribution in [0.15, 0.2) is 30.3 Å². The van der Waals surface area contributed by atoms with E-state index >= 15 is 0 Å². The predicted molar refractivity (Wildman–Crippen MR) is 61.1 cm³/mol. The van der Waals surface area contributed by atoms with Gasteiger partial charge >= 0.3 is 0 Å². The summed E-state index contributed by atoms with van der Waals surface area (Å²) in [6, 6.07) is 7.38. The molecule has 16 heavy (non-hydrogen) atoms. The van der Waals surface area contributed by atoms with Gasteiger partial charge in [-0.1, -0.05) is 11.6 Å². The molecule has 4 nitrogen and oxygen atoms in total. The van der Waals surface area contributed by atoms with Gasteiger partial charge in [-0.25, -0.2) is 4.39 Å². The van der Waals surface area contributed by atoms with Crippen molar-refractivity contribution in [3.05, 3.63) is 41.2 Å². The van der Waals surface area contributed by atoms with Crippen molar-refractivity contribution >= 4 is 28.9 Å². The molecule has 1 aromatic carbocycles. The van der Waals surface area contributed by atoms with Gasteiger partial charge < -0.3 is 11.1 Å². The molecule has 0 saturated heterocycles. The third-order valence-corrected chi connectivity index (χ3v) is 2.11. The minimum Gasteiger partial charge on any atom is -0.382 e. The lowest BCUT2D eigenvalue weighted by Crippen LogP contribution is -1.99. The van der Waals surface area contributed by atoms with Gasteiger partial charge in [0.15, 0.2) is 5.82 Å². The summed E-state index contributed by atoms with van der Waals surface area (Å²) in [5.74, 6) is 0.288. The van der Waals surface area contributed by atoms with Crippen molar-refractivity contribution in [2.75, 3.05) is 11.1 Å². The Bertz CT molecular complexity index is 501. The van der Waals surface area contributed by atoms with Crippen LogP contribution in [-0.4, -0.2) is 10.2 Å². The van der Waals surface area contributed by atoms with Crippen molar-refractivity contribution in [3.63, 3.8) is 0 Å². The van der Waals surface area contributed by atoms with Crippen molar-refractivity contribution in [2.24, 2.45) is 0 Å². The zero-order valence-corrected chi connectivity index (χ0v) is 8.87. The Hall–Kier alpha value is -1.88. The van der Waals surface area contributed by atoms with Crippen LogP contribution in [0.25, 0.3) is 0 Å². The van der Waals surface area contributed by atoms with E-state index in [2.05, 4.69) is 15.5 Å². The maximum absolute atomic E-state index is 13.3. The van der Waals surface area contributed by atoms with Gasteiger partial charge in [0.25, 0.3) is 0 Å². The van der Waals surface area contributed by atoms with Crippen molar-refractivity contribution in [1.82, 2.24) is 10.2 Å². The molecule has 2 aromatic rings. The maximum Gasteiger partial charge on any atom is 0.153 e. The smallest absolute Gasteiger partial charge is 0.153 e. The first-order chi connectivity index (χ1) is 7.65. The lowest BCUT2D eigenvalue weighted by Gasteiger charge is -2.06. The molecule has 0 aliphatic heterocycles. The number of hydrogen-bond donors (Lipinski definition) is 2. The Labute approximate surface area is 96.3 Å². The molecule has 0 radical (unpaired) electrons. The zero-order chi connectivity index (χ0) is 11.5. The fourth-order valence-electron chi connectivity index (χ4n) is 1.14. The molecule has 0 saturated carbocycles. The number of rotatable bonds is 2. The molecule has 0 spiro atoms. The van der Waals surface area contributed by atoms with Crippen molar-refractivity contribution in [1.29, 1.82) is 0 Å². The quantitative estimate of drug-likeness (QED) is 0.844. The van der Waals surface area contributed by atoms with Crippen LogP contribution in [0, 0.1) is 5.82 Å². The average molecular weight is 239 g/mol. The van der Waals surface area contributed by atoms with Crippen LogP contribution in [0.3, 0.4) is 0 Å². The van der Waals surface area contributed by atoms with Crippen LogP contribution in [0.5, 0.6) is 0 Å². The van der Waals surface area contributed by atoms with Crippen LogP contribution >= 0.6 is 11.6 Å². The highest BCUT2D eigenvalue weighted by molar-refractivity contribution is 6.30. The average Bonchev–Trinajstić information content (AvgIpc) is 2.27. The molecule has 0 aliphatic rings. The molecule has 2 rings (SSSR count). The number of nitrogen functional groups attached to an aromatic ring is 1. The minimum absolute atomic E-state index is 0.242. The van der Waals surface area contributed by atoms with E-state index in [4.69, 9.17) is 17.3 Å². The molecule has 0 unspecified atom stereocenters. The second-order valence-corrected chi connectivity index (χ2v) is 3.53. The van der Waals surface area contributed by atoms with Crippen molar-refractivity contribution < 1.29 is 4.39 Å². The Kier molecular flexibility index (Phi) is 2.87. The summed E-state index contributed by atoms with van der Waals surface area (Å²) in [5.41, 5.74) is 5.62. The molecule has 1 heterocycles. The van der Waals surface area contributed by atoms with Crippen LogP contribution in [0.4, 0.5) is 21.7 Å². The summed E-state index contributed by atoms with van der Waals surface area (Å²) in [7, 11) is 0. The van der Waals surface area contributed by atoms with E-state index in [0.717, 1.165) is 0 Å². The number of anilines is 3.